The Balaban J connectivity index is 2.31. The van der Waals surface area contributed by atoms with Crippen molar-refractivity contribution in [1.82, 2.24) is 15.2 Å². The normalized spacial score (nSPS) is 10.4. The third-order valence-electron chi connectivity index (χ3n) is 2.73. The summed E-state index contributed by atoms with van der Waals surface area (Å²) in [7, 11) is 3.10. The summed E-state index contributed by atoms with van der Waals surface area (Å²) < 4.78 is 0.858. The van der Waals surface area contributed by atoms with Crippen LogP contribution < -0.4 is 11.1 Å². The molecule has 19 heavy (non-hydrogen) atoms. The molecule has 6 nitrogen and oxygen atoms in total. The van der Waals surface area contributed by atoms with Crippen LogP contribution in [0.4, 0.5) is 5.69 Å². The monoisotopic (exact) mass is 278 g/mol. The second-order valence-electron chi connectivity index (χ2n) is 4.05. The molecule has 2 amide bonds. The highest BCUT2D eigenvalue weighted by atomic mass is 32.1. The number of carbonyl (C=O) groups is 2. The fourth-order valence-electron chi connectivity index (χ4n) is 1.67. The number of pyridine rings is 1. The molecule has 2 aromatic rings. The van der Waals surface area contributed by atoms with E-state index in [-0.39, 0.29) is 18.4 Å². The molecule has 0 aliphatic carbocycles. The minimum atomic E-state index is -0.262. The molecule has 2 aromatic heterocycles. The Bertz CT molecular complexity index is 638. The van der Waals surface area contributed by atoms with E-state index in [4.69, 9.17) is 5.73 Å². The number of hydrogen-bond acceptors (Lipinski definition) is 5. The van der Waals surface area contributed by atoms with Crippen LogP contribution in [0.1, 0.15) is 9.67 Å². The fourth-order valence-corrected chi connectivity index (χ4v) is 2.75. The second-order valence-corrected chi connectivity index (χ2v) is 5.10. The zero-order chi connectivity index (χ0) is 14.0. The van der Waals surface area contributed by atoms with Gasteiger partial charge in [0.2, 0.25) is 5.91 Å². The number of aromatic nitrogens is 1. The van der Waals surface area contributed by atoms with Crippen LogP contribution in [0.3, 0.4) is 0 Å². The lowest BCUT2D eigenvalue weighted by molar-refractivity contribution is -0.121. The van der Waals surface area contributed by atoms with Gasteiger partial charge >= 0.3 is 0 Å². The number of hydrogen-bond donors (Lipinski definition) is 2. The number of likely N-dealkylation sites (N-methyl/N-ethyl adjacent to an activating group) is 2. The SMILES string of the molecule is CNC(=O)CN(C)C(=O)c1sc2cnccc2c1N. The van der Waals surface area contributed by atoms with E-state index >= 15 is 0 Å². The average molecular weight is 278 g/mol. The third kappa shape index (κ3) is 2.50. The number of anilines is 1. The van der Waals surface area contributed by atoms with Crippen molar-refractivity contribution in [3.05, 3.63) is 23.3 Å². The molecule has 0 aliphatic heterocycles. The van der Waals surface area contributed by atoms with Crippen molar-refractivity contribution in [2.24, 2.45) is 0 Å². The molecule has 0 atom stereocenters. The number of nitrogens with one attached hydrogen (secondary N) is 1. The van der Waals surface area contributed by atoms with Crippen molar-refractivity contribution in [2.75, 3.05) is 26.4 Å². The van der Waals surface area contributed by atoms with Crippen molar-refractivity contribution >= 4 is 38.9 Å². The van der Waals surface area contributed by atoms with Gasteiger partial charge in [0.15, 0.2) is 0 Å². The maximum absolute atomic E-state index is 12.2. The van der Waals surface area contributed by atoms with E-state index in [2.05, 4.69) is 10.3 Å². The van der Waals surface area contributed by atoms with Crippen LogP contribution in [0, 0.1) is 0 Å². The first-order valence-electron chi connectivity index (χ1n) is 5.62. The van der Waals surface area contributed by atoms with Crippen LogP contribution in [-0.2, 0) is 4.79 Å². The summed E-state index contributed by atoms with van der Waals surface area (Å²) in [6.07, 6.45) is 3.31. The highest BCUT2D eigenvalue weighted by Gasteiger charge is 2.20. The number of thiophene rings is 1. The van der Waals surface area contributed by atoms with Gasteiger partial charge < -0.3 is 16.0 Å². The highest BCUT2D eigenvalue weighted by Crippen LogP contribution is 2.33. The van der Waals surface area contributed by atoms with Crippen LogP contribution >= 0.6 is 11.3 Å². The Kier molecular flexibility index (Phi) is 3.66. The van der Waals surface area contributed by atoms with Gasteiger partial charge in [0.1, 0.15) is 4.88 Å². The third-order valence-corrected chi connectivity index (χ3v) is 3.88. The maximum Gasteiger partial charge on any atom is 0.266 e. The van der Waals surface area contributed by atoms with Crippen LogP contribution in [0.25, 0.3) is 10.1 Å². The fraction of sp³-hybridized carbons (Fsp3) is 0.250. The number of nitrogens with two attached hydrogens (primary N) is 1. The van der Waals surface area contributed by atoms with Gasteiger partial charge in [0, 0.05) is 31.9 Å². The number of carbonyl (C=O) groups excluding carboxylic acids is 2. The molecule has 3 N–H and O–H groups in total. The standard InChI is InChI=1S/C12H14N4O2S/c1-14-9(17)6-16(2)12(18)11-10(13)7-3-4-15-5-8(7)19-11/h3-5H,6,13H2,1-2H3,(H,14,17). The minimum Gasteiger partial charge on any atom is -0.397 e. The Morgan fingerprint density at radius 3 is 2.89 bits per heavy atom. The second kappa shape index (κ2) is 5.23. The predicted octanol–water partition coefficient (Wildman–Crippen LogP) is 0.696. The van der Waals surface area contributed by atoms with Crippen molar-refractivity contribution in [3.8, 4) is 0 Å². The Morgan fingerprint density at radius 2 is 2.26 bits per heavy atom. The lowest BCUT2D eigenvalue weighted by Crippen LogP contribution is -2.36. The number of fused-ring (bicyclic) bond motifs is 1. The summed E-state index contributed by atoms with van der Waals surface area (Å²) in [5.41, 5.74) is 6.42. The van der Waals surface area contributed by atoms with Gasteiger partial charge in [-0.15, -0.1) is 11.3 Å². The topological polar surface area (TPSA) is 88.3 Å². The van der Waals surface area contributed by atoms with E-state index in [9.17, 15) is 9.59 Å². The number of amides is 2. The molecule has 0 radical (unpaired) electrons. The van der Waals surface area contributed by atoms with Crippen molar-refractivity contribution < 1.29 is 9.59 Å². The van der Waals surface area contributed by atoms with Gasteiger partial charge in [0.05, 0.1) is 16.9 Å². The zero-order valence-corrected chi connectivity index (χ0v) is 11.5. The van der Waals surface area contributed by atoms with E-state index in [1.165, 1.54) is 23.3 Å². The van der Waals surface area contributed by atoms with Gasteiger partial charge in [0.25, 0.3) is 5.91 Å². The first-order valence-corrected chi connectivity index (χ1v) is 6.44. The molecule has 0 aromatic carbocycles. The Labute approximate surface area is 114 Å². The molecule has 0 bridgehead atoms. The summed E-state index contributed by atoms with van der Waals surface area (Å²) in [6.45, 7) is 0.00126. The van der Waals surface area contributed by atoms with Crippen LogP contribution in [0.15, 0.2) is 18.5 Å². The molecule has 0 fully saturated rings. The van der Waals surface area contributed by atoms with Crippen LogP contribution in [-0.4, -0.2) is 42.3 Å². The summed E-state index contributed by atoms with van der Waals surface area (Å²) in [5.74, 6) is -0.487. The van der Waals surface area contributed by atoms with Crippen molar-refractivity contribution in [2.45, 2.75) is 0 Å². The molecular weight excluding hydrogens is 264 g/mol. The van der Waals surface area contributed by atoms with Gasteiger partial charge in [-0.25, -0.2) is 0 Å². The molecular formula is C12H14N4O2S. The van der Waals surface area contributed by atoms with Gasteiger partial charge in [-0.3, -0.25) is 14.6 Å². The molecule has 0 unspecified atom stereocenters. The maximum atomic E-state index is 12.2. The molecule has 2 heterocycles. The smallest absolute Gasteiger partial charge is 0.266 e. The lowest BCUT2D eigenvalue weighted by atomic mass is 10.2. The van der Waals surface area contributed by atoms with Crippen molar-refractivity contribution in [1.29, 1.82) is 0 Å². The van der Waals surface area contributed by atoms with E-state index in [0.29, 0.717) is 10.6 Å². The van der Waals surface area contributed by atoms with Gasteiger partial charge in [-0.1, -0.05) is 0 Å². The molecule has 0 aliphatic rings. The summed E-state index contributed by atoms with van der Waals surface area (Å²) in [4.78, 5) is 29.3. The summed E-state index contributed by atoms with van der Waals surface area (Å²) in [6, 6.07) is 1.77. The molecule has 0 spiro atoms. The van der Waals surface area contributed by atoms with Crippen LogP contribution in [0.5, 0.6) is 0 Å². The summed E-state index contributed by atoms with van der Waals surface area (Å²) >= 11 is 1.28. The average Bonchev–Trinajstić information content (AvgIpc) is 2.75. The van der Waals surface area contributed by atoms with E-state index < -0.39 is 0 Å². The van der Waals surface area contributed by atoms with Crippen LogP contribution in [0.2, 0.25) is 0 Å². The zero-order valence-electron chi connectivity index (χ0n) is 10.6. The number of nitrogens with zero attached hydrogens (tertiary/aromatic N) is 2. The van der Waals surface area contributed by atoms with E-state index in [0.717, 1.165) is 10.1 Å². The van der Waals surface area contributed by atoms with E-state index in [1.807, 2.05) is 0 Å². The number of rotatable bonds is 3. The summed E-state index contributed by atoms with van der Waals surface area (Å²) in [5, 5.41) is 3.29. The van der Waals surface area contributed by atoms with Gasteiger partial charge in [-0.2, -0.15) is 0 Å². The first-order chi connectivity index (χ1) is 9.04. The Hall–Kier alpha value is -2.15. The molecule has 0 saturated carbocycles. The molecule has 2 rings (SSSR count). The van der Waals surface area contributed by atoms with Gasteiger partial charge in [-0.05, 0) is 6.07 Å². The first kappa shape index (κ1) is 13.3. The largest absolute Gasteiger partial charge is 0.397 e. The van der Waals surface area contributed by atoms with Crippen molar-refractivity contribution in [3.63, 3.8) is 0 Å². The quantitative estimate of drug-likeness (QED) is 0.865. The molecule has 0 saturated heterocycles. The number of nitrogen functional groups attached to an aromatic ring is 1. The Morgan fingerprint density at radius 1 is 1.53 bits per heavy atom. The predicted molar refractivity (Wildman–Crippen MR) is 75.1 cm³/mol. The minimum absolute atomic E-state index is 0.00126. The lowest BCUT2D eigenvalue weighted by Gasteiger charge is -2.15. The highest BCUT2D eigenvalue weighted by molar-refractivity contribution is 7.21. The molecule has 7 heteroatoms. The van der Waals surface area contributed by atoms with E-state index in [1.54, 1.807) is 25.5 Å². The molecule has 100 valence electrons.